The number of benzene rings is 1. The van der Waals surface area contributed by atoms with E-state index in [1.54, 1.807) is 0 Å². The average Bonchev–Trinajstić information content (AvgIpc) is 2.41. The number of aryl methyl sites for hydroxylation is 1. The Kier molecular flexibility index (Phi) is 7.23. The molecule has 0 aliphatic heterocycles. The summed E-state index contributed by atoms with van der Waals surface area (Å²) < 4.78 is 1.11. The van der Waals surface area contributed by atoms with E-state index in [0.29, 0.717) is 5.92 Å². The number of nitriles is 1. The molecule has 0 heterocycles. The standard InChI is InChI=1S/C16H20IN3O/c1-11(2)6-7-19-10-13(9-18)16(21)20-15-5-4-14(17)8-12(15)3/h4-5,8,10-11,19H,6-7H2,1-3H3,(H,20,21)/b13-10-. The Balaban J connectivity index is 2.67. The molecule has 0 aliphatic rings. The molecule has 0 fully saturated rings. The van der Waals surface area contributed by atoms with Gasteiger partial charge in [-0.3, -0.25) is 4.79 Å². The molecule has 0 saturated heterocycles. The van der Waals surface area contributed by atoms with Crippen LogP contribution >= 0.6 is 22.6 Å². The molecule has 1 aromatic rings. The quantitative estimate of drug-likeness (QED) is 0.334. The SMILES string of the molecule is Cc1cc(I)ccc1NC(=O)/C(C#N)=C\NCCC(C)C. The van der Waals surface area contributed by atoms with Gasteiger partial charge in [0.05, 0.1) is 0 Å². The van der Waals surface area contributed by atoms with Crippen molar-refractivity contribution in [1.82, 2.24) is 5.32 Å². The zero-order valence-electron chi connectivity index (χ0n) is 12.5. The zero-order valence-corrected chi connectivity index (χ0v) is 14.7. The number of halogens is 1. The summed E-state index contributed by atoms with van der Waals surface area (Å²) >= 11 is 2.22. The van der Waals surface area contributed by atoms with Crippen molar-refractivity contribution in [1.29, 1.82) is 5.26 Å². The van der Waals surface area contributed by atoms with Crippen LogP contribution in [0, 0.1) is 27.7 Å². The number of rotatable bonds is 6. The first kappa shape index (κ1) is 17.5. The molecule has 0 saturated carbocycles. The normalized spacial score (nSPS) is 11.1. The molecule has 0 unspecified atom stereocenters. The molecule has 0 atom stereocenters. The molecule has 2 N–H and O–H groups in total. The summed E-state index contributed by atoms with van der Waals surface area (Å²) in [5, 5.41) is 14.9. The van der Waals surface area contributed by atoms with Crippen LogP contribution in [0.1, 0.15) is 25.8 Å². The monoisotopic (exact) mass is 397 g/mol. The molecular weight excluding hydrogens is 377 g/mol. The summed E-state index contributed by atoms with van der Waals surface area (Å²) in [5.41, 5.74) is 1.78. The van der Waals surface area contributed by atoms with Gasteiger partial charge >= 0.3 is 0 Å². The van der Waals surface area contributed by atoms with Gasteiger partial charge in [0.25, 0.3) is 5.91 Å². The Morgan fingerprint density at radius 2 is 2.19 bits per heavy atom. The summed E-state index contributed by atoms with van der Waals surface area (Å²) in [6.45, 7) is 6.93. The maximum absolute atomic E-state index is 12.1. The van der Waals surface area contributed by atoms with Crippen LogP contribution in [0.4, 0.5) is 5.69 Å². The molecule has 1 rings (SSSR count). The number of anilines is 1. The van der Waals surface area contributed by atoms with Gasteiger partial charge < -0.3 is 10.6 Å². The third kappa shape index (κ3) is 6.17. The lowest BCUT2D eigenvalue weighted by Crippen LogP contribution is -2.18. The molecule has 0 radical (unpaired) electrons. The lowest BCUT2D eigenvalue weighted by atomic mass is 10.1. The molecule has 0 spiro atoms. The fraction of sp³-hybridized carbons (Fsp3) is 0.375. The van der Waals surface area contributed by atoms with E-state index in [9.17, 15) is 4.79 Å². The lowest BCUT2D eigenvalue weighted by molar-refractivity contribution is -0.112. The van der Waals surface area contributed by atoms with Gasteiger partial charge in [-0.25, -0.2) is 0 Å². The first-order chi connectivity index (χ1) is 9.93. The fourth-order valence-corrected chi connectivity index (χ4v) is 2.30. The highest BCUT2D eigenvalue weighted by molar-refractivity contribution is 14.1. The average molecular weight is 397 g/mol. The van der Waals surface area contributed by atoms with E-state index in [1.165, 1.54) is 6.20 Å². The van der Waals surface area contributed by atoms with Crippen molar-refractivity contribution >= 4 is 34.2 Å². The van der Waals surface area contributed by atoms with Gasteiger partial charge in [0.15, 0.2) is 0 Å². The van der Waals surface area contributed by atoms with Crippen molar-refractivity contribution < 1.29 is 4.79 Å². The number of hydrogen-bond acceptors (Lipinski definition) is 3. The largest absolute Gasteiger partial charge is 0.390 e. The first-order valence-corrected chi connectivity index (χ1v) is 7.93. The molecule has 1 aromatic carbocycles. The summed E-state index contributed by atoms with van der Waals surface area (Å²) in [5.74, 6) is 0.193. The summed E-state index contributed by atoms with van der Waals surface area (Å²) in [6.07, 6.45) is 2.48. The van der Waals surface area contributed by atoms with Gasteiger partial charge in [-0.1, -0.05) is 13.8 Å². The Morgan fingerprint density at radius 1 is 1.48 bits per heavy atom. The van der Waals surface area contributed by atoms with E-state index in [0.717, 1.165) is 27.8 Å². The van der Waals surface area contributed by atoms with E-state index in [4.69, 9.17) is 5.26 Å². The molecule has 0 bridgehead atoms. The van der Waals surface area contributed by atoms with Crippen LogP contribution in [-0.4, -0.2) is 12.5 Å². The highest BCUT2D eigenvalue weighted by Gasteiger charge is 2.10. The lowest BCUT2D eigenvalue weighted by Gasteiger charge is -2.09. The second kappa shape index (κ2) is 8.67. The van der Waals surface area contributed by atoms with Gasteiger partial charge in [-0.05, 0) is 65.6 Å². The van der Waals surface area contributed by atoms with Crippen LogP contribution in [0.5, 0.6) is 0 Å². The van der Waals surface area contributed by atoms with Crippen LogP contribution < -0.4 is 10.6 Å². The zero-order chi connectivity index (χ0) is 15.8. The maximum atomic E-state index is 12.1. The van der Waals surface area contributed by atoms with Crippen molar-refractivity contribution in [3.05, 3.63) is 39.1 Å². The molecule has 5 heteroatoms. The van der Waals surface area contributed by atoms with E-state index in [2.05, 4.69) is 47.1 Å². The number of nitrogens with zero attached hydrogens (tertiary/aromatic N) is 1. The predicted octanol–water partition coefficient (Wildman–Crippen LogP) is 3.58. The smallest absolute Gasteiger partial charge is 0.267 e. The molecule has 0 aliphatic carbocycles. The first-order valence-electron chi connectivity index (χ1n) is 6.85. The molecule has 1 amide bonds. The number of nitrogens with one attached hydrogen (secondary N) is 2. The van der Waals surface area contributed by atoms with Crippen LogP contribution in [0.2, 0.25) is 0 Å². The van der Waals surface area contributed by atoms with E-state index in [-0.39, 0.29) is 11.5 Å². The Morgan fingerprint density at radius 3 is 2.76 bits per heavy atom. The fourth-order valence-electron chi connectivity index (χ4n) is 1.65. The van der Waals surface area contributed by atoms with Crippen LogP contribution in [0.15, 0.2) is 30.0 Å². The Hall–Kier alpha value is -1.55. The number of hydrogen-bond donors (Lipinski definition) is 2. The van der Waals surface area contributed by atoms with Gasteiger partial charge in [0.2, 0.25) is 0 Å². The summed E-state index contributed by atoms with van der Waals surface area (Å²) in [7, 11) is 0. The second-order valence-corrected chi connectivity index (χ2v) is 6.47. The van der Waals surface area contributed by atoms with Gasteiger partial charge in [-0.2, -0.15) is 5.26 Å². The number of carbonyl (C=O) groups is 1. The summed E-state index contributed by atoms with van der Waals surface area (Å²) in [4.78, 5) is 12.1. The Labute approximate surface area is 139 Å². The van der Waals surface area contributed by atoms with Crippen molar-refractivity contribution in [3.63, 3.8) is 0 Å². The molecular formula is C16H20IN3O. The maximum Gasteiger partial charge on any atom is 0.267 e. The van der Waals surface area contributed by atoms with Crippen molar-refractivity contribution in [3.8, 4) is 6.07 Å². The molecule has 4 nitrogen and oxygen atoms in total. The minimum Gasteiger partial charge on any atom is -0.390 e. The highest BCUT2D eigenvalue weighted by Crippen LogP contribution is 2.18. The predicted molar refractivity (Wildman–Crippen MR) is 93.7 cm³/mol. The van der Waals surface area contributed by atoms with Crippen LogP contribution in [0.25, 0.3) is 0 Å². The topological polar surface area (TPSA) is 64.9 Å². The van der Waals surface area contributed by atoms with Crippen LogP contribution in [-0.2, 0) is 4.79 Å². The van der Waals surface area contributed by atoms with E-state index in [1.807, 2.05) is 31.2 Å². The van der Waals surface area contributed by atoms with Crippen molar-refractivity contribution in [2.24, 2.45) is 5.92 Å². The third-order valence-corrected chi connectivity index (χ3v) is 3.59. The van der Waals surface area contributed by atoms with Crippen molar-refractivity contribution in [2.45, 2.75) is 27.2 Å². The van der Waals surface area contributed by atoms with Gasteiger partial charge in [0.1, 0.15) is 11.6 Å². The van der Waals surface area contributed by atoms with Crippen LogP contribution in [0.3, 0.4) is 0 Å². The molecule has 21 heavy (non-hydrogen) atoms. The van der Waals surface area contributed by atoms with E-state index < -0.39 is 0 Å². The number of amides is 1. The Bertz CT molecular complexity index is 573. The highest BCUT2D eigenvalue weighted by atomic mass is 127. The van der Waals surface area contributed by atoms with Crippen molar-refractivity contribution in [2.75, 3.05) is 11.9 Å². The number of carbonyl (C=O) groups excluding carboxylic acids is 1. The minimum atomic E-state index is -0.390. The second-order valence-electron chi connectivity index (χ2n) is 5.22. The minimum absolute atomic E-state index is 0.0803. The molecule has 0 aromatic heterocycles. The molecule has 112 valence electrons. The van der Waals surface area contributed by atoms with Gasteiger partial charge in [0, 0.05) is 22.0 Å². The van der Waals surface area contributed by atoms with Gasteiger partial charge in [-0.15, -0.1) is 0 Å². The van der Waals surface area contributed by atoms with E-state index >= 15 is 0 Å². The third-order valence-electron chi connectivity index (χ3n) is 2.91. The summed E-state index contributed by atoms with van der Waals surface area (Å²) in [6, 6.07) is 7.67.